The summed E-state index contributed by atoms with van der Waals surface area (Å²) in [7, 11) is 0. The number of anilines is 1. The van der Waals surface area contributed by atoms with Gasteiger partial charge in [-0.25, -0.2) is 0 Å². The summed E-state index contributed by atoms with van der Waals surface area (Å²) < 4.78 is 10.4. The quantitative estimate of drug-likeness (QED) is 0.537. The summed E-state index contributed by atoms with van der Waals surface area (Å²) in [6.45, 7) is 0.263. The highest BCUT2D eigenvalue weighted by molar-refractivity contribution is 6.04. The molecular weight excluding hydrogens is 358 g/mol. The molecule has 7 heteroatoms. The molecule has 0 bridgehead atoms. The smallest absolute Gasteiger partial charge is 0.253 e. The summed E-state index contributed by atoms with van der Waals surface area (Å²) in [4.78, 5) is 25.0. The molecule has 0 aliphatic rings. The van der Waals surface area contributed by atoms with Gasteiger partial charge in [-0.1, -0.05) is 29.4 Å². The third kappa shape index (κ3) is 3.78. The topological polar surface area (TPSA) is 97.4 Å². The Morgan fingerprint density at radius 3 is 2.64 bits per heavy atom. The highest BCUT2D eigenvalue weighted by Gasteiger charge is 2.16. The third-order valence-electron chi connectivity index (χ3n) is 4.23. The Hall–Kier alpha value is -3.87. The average Bonchev–Trinajstić information content (AvgIpc) is 3.37. The molecule has 28 heavy (non-hydrogen) atoms. The average molecular weight is 375 g/mol. The number of para-hydroxylation sites is 2. The van der Waals surface area contributed by atoms with Gasteiger partial charge in [0.25, 0.3) is 5.91 Å². The number of hydrogen-bond donors (Lipinski definition) is 2. The second kappa shape index (κ2) is 7.79. The monoisotopic (exact) mass is 375 g/mol. The van der Waals surface area contributed by atoms with Crippen LogP contribution >= 0.6 is 0 Å². The van der Waals surface area contributed by atoms with Crippen LogP contribution in [0.4, 0.5) is 5.69 Å². The Labute approximate surface area is 160 Å². The normalized spacial score (nSPS) is 10.7. The largest absolute Gasteiger partial charge is 0.467 e. The highest BCUT2D eigenvalue weighted by atomic mass is 16.5. The molecule has 140 valence electrons. The molecule has 2 amide bonds. The fourth-order valence-corrected chi connectivity index (χ4v) is 2.88. The zero-order valence-corrected chi connectivity index (χ0v) is 14.8. The van der Waals surface area contributed by atoms with Crippen LogP contribution in [0.15, 0.2) is 75.9 Å². The van der Waals surface area contributed by atoms with E-state index in [1.54, 1.807) is 48.7 Å². The molecule has 2 N–H and O–H groups in total. The second-order valence-corrected chi connectivity index (χ2v) is 6.16. The minimum atomic E-state index is -0.306. The molecule has 0 saturated carbocycles. The van der Waals surface area contributed by atoms with Gasteiger partial charge in [0.05, 0.1) is 30.5 Å². The van der Waals surface area contributed by atoms with Crippen molar-refractivity contribution >= 4 is 28.5 Å². The van der Waals surface area contributed by atoms with Crippen LogP contribution in [-0.4, -0.2) is 17.0 Å². The van der Waals surface area contributed by atoms with Gasteiger partial charge in [-0.2, -0.15) is 0 Å². The Kier molecular flexibility index (Phi) is 4.88. The third-order valence-corrected chi connectivity index (χ3v) is 4.23. The van der Waals surface area contributed by atoms with Gasteiger partial charge in [-0.05, 0) is 36.4 Å². The van der Waals surface area contributed by atoms with Crippen LogP contribution in [0.1, 0.15) is 21.8 Å². The van der Waals surface area contributed by atoms with Crippen molar-refractivity contribution in [1.29, 1.82) is 0 Å². The molecule has 7 nitrogen and oxygen atoms in total. The maximum absolute atomic E-state index is 12.5. The SMILES string of the molecule is O=C(Cc1noc2ccccc12)Nc1ccccc1C(=O)NCc1ccco1. The molecule has 2 aromatic heterocycles. The Morgan fingerprint density at radius 2 is 1.79 bits per heavy atom. The van der Waals surface area contributed by atoms with E-state index in [1.807, 2.05) is 18.2 Å². The molecule has 2 aromatic carbocycles. The summed E-state index contributed by atoms with van der Waals surface area (Å²) in [6.07, 6.45) is 1.59. The number of amides is 2. The number of rotatable bonds is 6. The number of aromatic nitrogens is 1. The first-order chi connectivity index (χ1) is 13.7. The van der Waals surface area contributed by atoms with E-state index in [9.17, 15) is 9.59 Å². The van der Waals surface area contributed by atoms with Crippen LogP contribution in [0, 0.1) is 0 Å². The van der Waals surface area contributed by atoms with Crippen LogP contribution in [0.25, 0.3) is 11.0 Å². The molecule has 0 aliphatic heterocycles. The highest BCUT2D eigenvalue weighted by Crippen LogP contribution is 2.20. The number of fused-ring (bicyclic) bond motifs is 1. The lowest BCUT2D eigenvalue weighted by molar-refractivity contribution is -0.115. The number of nitrogens with one attached hydrogen (secondary N) is 2. The van der Waals surface area contributed by atoms with Crippen LogP contribution in [0.2, 0.25) is 0 Å². The minimum Gasteiger partial charge on any atom is -0.467 e. The second-order valence-electron chi connectivity index (χ2n) is 6.16. The van der Waals surface area contributed by atoms with Gasteiger partial charge in [-0.3, -0.25) is 9.59 Å². The first kappa shape index (κ1) is 17.5. The summed E-state index contributed by atoms with van der Waals surface area (Å²) in [5, 5.41) is 10.3. The van der Waals surface area contributed by atoms with Crippen LogP contribution in [0.5, 0.6) is 0 Å². The predicted molar refractivity (Wildman–Crippen MR) is 103 cm³/mol. The molecule has 0 atom stereocenters. The lowest BCUT2D eigenvalue weighted by atomic mass is 10.1. The van der Waals surface area contributed by atoms with Crippen molar-refractivity contribution < 1.29 is 18.5 Å². The lowest BCUT2D eigenvalue weighted by Gasteiger charge is -2.10. The summed E-state index contributed by atoms with van der Waals surface area (Å²) in [5.41, 5.74) is 1.97. The van der Waals surface area contributed by atoms with E-state index in [0.29, 0.717) is 28.3 Å². The van der Waals surface area contributed by atoms with E-state index < -0.39 is 0 Å². The van der Waals surface area contributed by atoms with E-state index in [0.717, 1.165) is 5.39 Å². The van der Waals surface area contributed by atoms with Gasteiger partial charge in [0, 0.05) is 5.39 Å². The van der Waals surface area contributed by atoms with E-state index in [2.05, 4.69) is 15.8 Å². The summed E-state index contributed by atoms with van der Waals surface area (Å²) in [5.74, 6) is 0.0531. The molecule has 0 radical (unpaired) electrons. The van der Waals surface area contributed by atoms with Crippen LogP contribution in [-0.2, 0) is 17.8 Å². The molecule has 0 fully saturated rings. The molecule has 0 saturated heterocycles. The van der Waals surface area contributed by atoms with E-state index >= 15 is 0 Å². The summed E-state index contributed by atoms with van der Waals surface area (Å²) in [6, 6.07) is 17.7. The zero-order chi connectivity index (χ0) is 19.3. The van der Waals surface area contributed by atoms with E-state index in [-0.39, 0.29) is 24.8 Å². The lowest BCUT2D eigenvalue weighted by Crippen LogP contribution is -2.25. The van der Waals surface area contributed by atoms with E-state index in [1.165, 1.54) is 0 Å². The van der Waals surface area contributed by atoms with Crippen molar-refractivity contribution in [2.24, 2.45) is 0 Å². The number of carbonyl (C=O) groups excluding carboxylic acids is 2. The number of benzene rings is 2. The Morgan fingerprint density at radius 1 is 0.964 bits per heavy atom. The number of nitrogens with zero attached hydrogens (tertiary/aromatic N) is 1. The van der Waals surface area contributed by atoms with Crippen LogP contribution in [0.3, 0.4) is 0 Å². The van der Waals surface area contributed by atoms with Crippen molar-refractivity contribution in [2.45, 2.75) is 13.0 Å². The van der Waals surface area contributed by atoms with Gasteiger partial charge in [0.2, 0.25) is 5.91 Å². The standard InChI is InChI=1S/C21H17N3O4/c25-20(12-18-15-7-2-4-10-19(15)28-24-18)23-17-9-3-1-8-16(17)21(26)22-13-14-6-5-11-27-14/h1-11H,12-13H2,(H,22,26)(H,23,25). The predicted octanol–water partition coefficient (Wildman–Crippen LogP) is 3.53. The van der Waals surface area contributed by atoms with Crippen molar-refractivity contribution in [1.82, 2.24) is 10.5 Å². The number of hydrogen-bond acceptors (Lipinski definition) is 5. The summed E-state index contributed by atoms with van der Waals surface area (Å²) >= 11 is 0. The minimum absolute atomic E-state index is 0.0410. The first-order valence-corrected chi connectivity index (χ1v) is 8.73. The number of carbonyl (C=O) groups is 2. The van der Waals surface area contributed by atoms with Crippen LogP contribution < -0.4 is 10.6 Å². The Balaban J connectivity index is 1.45. The molecular formula is C21H17N3O4. The molecule has 0 unspecified atom stereocenters. The molecule has 2 heterocycles. The molecule has 4 aromatic rings. The molecule has 4 rings (SSSR count). The van der Waals surface area contributed by atoms with E-state index in [4.69, 9.17) is 8.94 Å². The van der Waals surface area contributed by atoms with Crippen molar-refractivity contribution in [3.63, 3.8) is 0 Å². The maximum Gasteiger partial charge on any atom is 0.253 e. The maximum atomic E-state index is 12.5. The molecule has 0 aliphatic carbocycles. The van der Waals surface area contributed by atoms with Gasteiger partial charge < -0.3 is 19.6 Å². The first-order valence-electron chi connectivity index (χ1n) is 8.73. The fraction of sp³-hybridized carbons (Fsp3) is 0.0952. The van der Waals surface area contributed by atoms with Gasteiger partial charge >= 0.3 is 0 Å². The Bertz CT molecular complexity index is 1120. The zero-order valence-electron chi connectivity index (χ0n) is 14.8. The van der Waals surface area contributed by atoms with Gasteiger partial charge in [0.15, 0.2) is 5.58 Å². The van der Waals surface area contributed by atoms with Gasteiger partial charge in [-0.15, -0.1) is 0 Å². The molecule has 0 spiro atoms. The van der Waals surface area contributed by atoms with Crippen molar-refractivity contribution in [2.75, 3.05) is 5.32 Å². The van der Waals surface area contributed by atoms with Gasteiger partial charge in [0.1, 0.15) is 11.5 Å². The fourth-order valence-electron chi connectivity index (χ4n) is 2.88. The van der Waals surface area contributed by atoms with Crippen molar-refractivity contribution in [3.8, 4) is 0 Å². The van der Waals surface area contributed by atoms with Crippen molar-refractivity contribution in [3.05, 3.63) is 83.9 Å². The number of furan rings is 1.